The Morgan fingerprint density at radius 3 is 2.08 bits per heavy atom. The zero-order valence-corrected chi connectivity index (χ0v) is 15.3. The molecule has 0 N–H and O–H groups in total. The van der Waals surface area contributed by atoms with Gasteiger partial charge in [-0.05, 0) is 29.0 Å². The lowest BCUT2D eigenvalue weighted by Gasteiger charge is -2.37. The fourth-order valence-corrected chi connectivity index (χ4v) is 3.53. The van der Waals surface area contributed by atoms with Gasteiger partial charge in [-0.1, -0.05) is 69.3 Å². The molecule has 1 aliphatic rings. The van der Waals surface area contributed by atoms with E-state index in [9.17, 15) is 0 Å². The molecule has 0 unspecified atom stereocenters. The van der Waals surface area contributed by atoms with Crippen molar-refractivity contribution in [3.63, 3.8) is 0 Å². The number of rotatable bonds is 4. The number of nitrogens with zero attached hydrogens (tertiary/aromatic N) is 2. The quantitative estimate of drug-likeness (QED) is 0.812. The van der Waals surface area contributed by atoms with Gasteiger partial charge in [-0.3, -0.25) is 4.90 Å². The SMILES string of the molecule is CC(C)(C)Cc1ccccc1N1CCN(Cc2ccccc2)CC1. The summed E-state index contributed by atoms with van der Waals surface area (Å²) in [7, 11) is 0. The van der Waals surface area contributed by atoms with Gasteiger partial charge in [0.1, 0.15) is 0 Å². The average molecular weight is 322 g/mol. The molecule has 24 heavy (non-hydrogen) atoms. The molecule has 1 heterocycles. The summed E-state index contributed by atoms with van der Waals surface area (Å²) in [5, 5.41) is 0. The number of benzene rings is 2. The first kappa shape index (κ1) is 17.0. The summed E-state index contributed by atoms with van der Waals surface area (Å²) in [5.41, 5.74) is 4.66. The normalized spacial score (nSPS) is 16.4. The van der Waals surface area contributed by atoms with Crippen LogP contribution in [0.1, 0.15) is 31.9 Å². The number of hydrogen-bond acceptors (Lipinski definition) is 2. The Balaban J connectivity index is 1.63. The third-order valence-corrected chi connectivity index (χ3v) is 4.67. The minimum Gasteiger partial charge on any atom is -0.369 e. The van der Waals surface area contributed by atoms with Crippen molar-refractivity contribution in [3.8, 4) is 0 Å². The molecule has 1 saturated heterocycles. The molecule has 3 rings (SSSR count). The van der Waals surface area contributed by atoms with Gasteiger partial charge in [0.25, 0.3) is 0 Å². The highest BCUT2D eigenvalue weighted by Gasteiger charge is 2.21. The van der Waals surface area contributed by atoms with Gasteiger partial charge in [0, 0.05) is 38.4 Å². The Labute approximate surface area is 147 Å². The van der Waals surface area contributed by atoms with E-state index in [-0.39, 0.29) is 0 Å². The van der Waals surface area contributed by atoms with Gasteiger partial charge in [0.15, 0.2) is 0 Å². The summed E-state index contributed by atoms with van der Waals surface area (Å²) >= 11 is 0. The molecule has 0 aromatic heterocycles. The van der Waals surface area contributed by atoms with Crippen LogP contribution in [0, 0.1) is 5.41 Å². The summed E-state index contributed by atoms with van der Waals surface area (Å²) < 4.78 is 0. The molecule has 1 fully saturated rings. The summed E-state index contributed by atoms with van der Waals surface area (Å²) in [6.45, 7) is 12.5. The van der Waals surface area contributed by atoms with E-state index in [1.165, 1.54) is 16.8 Å². The summed E-state index contributed by atoms with van der Waals surface area (Å²) in [5.74, 6) is 0. The molecule has 0 saturated carbocycles. The molecule has 128 valence electrons. The van der Waals surface area contributed by atoms with E-state index < -0.39 is 0 Å². The van der Waals surface area contributed by atoms with E-state index in [0.29, 0.717) is 5.41 Å². The average Bonchev–Trinajstić information content (AvgIpc) is 2.56. The van der Waals surface area contributed by atoms with Crippen LogP contribution in [-0.4, -0.2) is 31.1 Å². The molecular formula is C22H30N2. The van der Waals surface area contributed by atoms with Crippen molar-refractivity contribution >= 4 is 5.69 Å². The third kappa shape index (κ3) is 4.61. The minimum absolute atomic E-state index is 0.325. The maximum Gasteiger partial charge on any atom is 0.0399 e. The van der Waals surface area contributed by atoms with Crippen molar-refractivity contribution in [2.75, 3.05) is 31.1 Å². The standard InChI is InChI=1S/C22H30N2/c1-22(2,3)17-20-11-7-8-12-21(20)24-15-13-23(14-16-24)18-19-9-5-4-6-10-19/h4-12H,13-18H2,1-3H3. The van der Waals surface area contributed by atoms with Crippen molar-refractivity contribution < 1.29 is 0 Å². The van der Waals surface area contributed by atoms with Crippen LogP contribution in [0.4, 0.5) is 5.69 Å². The lowest BCUT2D eigenvalue weighted by Crippen LogP contribution is -2.46. The van der Waals surface area contributed by atoms with Crippen molar-refractivity contribution in [1.82, 2.24) is 4.90 Å². The molecule has 2 nitrogen and oxygen atoms in total. The summed E-state index contributed by atoms with van der Waals surface area (Å²) in [6.07, 6.45) is 1.13. The van der Waals surface area contributed by atoms with Crippen LogP contribution in [0.3, 0.4) is 0 Å². The van der Waals surface area contributed by atoms with Crippen LogP contribution in [-0.2, 0) is 13.0 Å². The Bertz CT molecular complexity index is 635. The molecule has 0 radical (unpaired) electrons. The van der Waals surface area contributed by atoms with Gasteiger partial charge in [-0.2, -0.15) is 0 Å². The van der Waals surface area contributed by atoms with Crippen LogP contribution < -0.4 is 4.90 Å². The molecule has 0 amide bonds. The Morgan fingerprint density at radius 2 is 1.42 bits per heavy atom. The number of para-hydroxylation sites is 1. The maximum atomic E-state index is 2.57. The van der Waals surface area contributed by atoms with Crippen molar-refractivity contribution in [1.29, 1.82) is 0 Å². The molecule has 0 bridgehead atoms. The fraction of sp³-hybridized carbons (Fsp3) is 0.455. The van der Waals surface area contributed by atoms with Gasteiger partial charge >= 0.3 is 0 Å². The topological polar surface area (TPSA) is 6.48 Å². The third-order valence-electron chi connectivity index (χ3n) is 4.67. The molecule has 0 aliphatic carbocycles. The molecule has 0 atom stereocenters. The summed E-state index contributed by atoms with van der Waals surface area (Å²) in [4.78, 5) is 5.14. The molecule has 1 aliphatic heterocycles. The van der Waals surface area contributed by atoms with E-state index in [2.05, 4.69) is 85.2 Å². The Morgan fingerprint density at radius 1 is 0.792 bits per heavy atom. The van der Waals surface area contributed by atoms with Gasteiger partial charge in [0.05, 0.1) is 0 Å². The van der Waals surface area contributed by atoms with Crippen molar-refractivity contribution in [3.05, 3.63) is 65.7 Å². The monoisotopic (exact) mass is 322 g/mol. The fourth-order valence-electron chi connectivity index (χ4n) is 3.53. The Hall–Kier alpha value is -1.80. The first-order chi connectivity index (χ1) is 11.5. The largest absolute Gasteiger partial charge is 0.369 e. The predicted octanol–water partition coefficient (Wildman–Crippen LogP) is 4.60. The molecule has 2 heteroatoms. The maximum absolute atomic E-state index is 2.57. The lowest BCUT2D eigenvalue weighted by molar-refractivity contribution is 0.249. The van der Waals surface area contributed by atoms with E-state index in [0.717, 1.165) is 39.1 Å². The van der Waals surface area contributed by atoms with Crippen LogP contribution >= 0.6 is 0 Å². The van der Waals surface area contributed by atoms with Crippen LogP contribution in [0.15, 0.2) is 54.6 Å². The van der Waals surface area contributed by atoms with Crippen LogP contribution in [0.25, 0.3) is 0 Å². The number of piperazine rings is 1. The molecule has 0 spiro atoms. The second kappa shape index (κ2) is 7.40. The molecule has 2 aromatic rings. The molecular weight excluding hydrogens is 292 g/mol. The highest BCUT2D eigenvalue weighted by atomic mass is 15.3. The second-order valence-electron chi connectivity index (χ2n) is 8.11. The number of hydrogen-bond donors (Lipinski definition) is 0. The van der Waals surface area contributed by atoms with Gasteiger partial charge in [-0.25, -0.2) is 0 Å². The smallest absolute Gasteiger partial charge is 0.0399 e. The first-order valence-corrected chi connectivity index (χ1v) is 9.10. The zero-order valence-electron chi connectivity index (χ0n) is 15.3. The lowest BCUT2D eigenvalue weighted by atomic mass is 9.87. The van der Waals surface area contributed by atoms with Crippen LogP contribution in [0.2, 0.25) is 0 Å². The Kier molecular flexibility index (Phi) is 5.25. The van der Waals surface area contributed by atoms with Gasteiger partial charge in [0.2, 0.25) is 0 Å². The van der Waals surface area contributed by atoms with E-state index in [4.69, 9.17) is 0 Å². The number of anilines is 1. The van der Waals surface area contributed by atoms with Gasteiger partial charge in [-0.15, -0.1) is 0 Å². The van der Waals surface area contributed by atoms with E-state index in [1.807, 2.05) is 0 Å². The van der Waals surface area contributed by atoms with Crippen molar-refractivity contribution in [2.45, 2.75) is 33.7 Å². The van der Waals surface area contributed by atoms with Crippen molar-refractivity contribution in [2.24, 2.45) is 5.41 Å². The highest BCUT2D eigenvalue weighted by Crippen LogP contribution is 2.29. The first-order valence-electron chi connectivity index (χ1n) is 9.10. The zero-order chi connectivity index (χ0) is 17.0. The van der Waals surface area contributed by atoms with E-state index in [1.54, 1.807) is 0 Å². The summed E-state index contributed by atoms with van der Waals surface area (Å²) in [6, 6.07) is 19.8. The van der Waals surface area contributed by atoms with Gasteiger partial charge < -0.3 is 4.90 Å². The second-order valence-corrected chi connectivity index (χ2v) is 8.11. The minimum atomic E-state index is 0.325. The van der Waals surface area contributed by atoms with Crippen LogP contribution in [0.5, 0.6) is 0 Å². The predicted molar refractivity (Wildman–Crippen MR) is 104 cm³/mol. The van der Waals surface area contributed by atoms with E-state index >= 15 is 0 Å². The highest BCUT2D eigenvalue weighted by molar-refractivity contribution is 5.54. The molecule has 2 aromatic carbocycles.